The number of nitrogens with one attached hydrogen (secondary N) is 1. The molecule has 1 N–H and O–H groups in total. The molecule has 2 aromatic rings. The Morgan fingerprint density at radius 2 is 2.27 bits per heavy atom. The molecule has 0 aromatic carbocycles. The van der Waals surface area contributed by atoms with Crippen LogP contribution in [0.15, 0.2) is 29.4 Å². The summed E-state index contributed by atoms with van der Waals surface area (Å²) in [5.41, 5.74) is 0.919. The van der Waals surface area contributed by atoms with Crippen LogP contribution in [0.25, 0.3) is 0 Å². The molecular formula is C9H11N5O. The minimum atomic E-state index is 0.640. The van der Waals surface area contributed by atoms with Gasteiger partial charge in [-0.2, -0.15) is 4.98 Å². The Hall–Kier alpha value is -1.82. The van der Waals surface area contributed by atoms with E-state index in [0.717, 1.165) is 18.7 Å². The first-order valence-electron chi connectivity index (χ1n) is 4.66. The van der Waals surface area contributed by atoms with Gasteiger partial charge >= 0.3 is 0 Å². The van der Waals surface area contributed by atoms with E-state index in [2.05, 4.69) is 25.4 Å². The molecule has 0 spiro atoms. The van der Waals surface area contributed by atoms with Crippen molar-refractivity contribution in [2.45, 2.75) is 13.0 Å². The quantitative estimate of drug-likeness (QED) is 0.702. The lowest BCUT2D eigenvalue weighted by molar-refractivity contribution is 0.374. The van der Waals surface area contributed by atoms with Gasteiger partial charge in [-0.05, 0) is 0 Å². The molecule has 6 nitrogen and oxygen atoms in total. The highest BCUT2D eigenvalue weighted by atomic mass is 16.5. The summed E-state index contributed by atoms with van der Waals surface area (Å²) in [6.07, 6.45) is 7.19. The summed E-state index contributed by atoms with van der Waals surface area (Å²) in [6.45, 7) is 1.47. The van der Waals surface area contributed by atoms with Crippen molar-refractivity contribution in [2.24, 2.45) is 0 Å². The molecule has 78 valence electrons. The van der Waals surface area contributed by atoms with E-state index >= 15 is 0 Å². The summed E-state index contributed by atoms with van der Waals surface area (Å²) in [7, 11) is 0. The van der Waals surface area contributed by atoms with E-state index in [4.69, 9.17) is 4.52 Å². The van der Waals surface area contributed by atoms with Crippen molar-refractivity contribution in [2.75, 3.05) is 6.54 Å². The van der Waals surface area contributed by atoms with E-state index in [9.17, 15) is 0 Å². The van der Waals surface area contributed by atoms with Crippen LogP contribution >= 0.6 is 0 Å². The molecule has 2 rings (SSSR count). The van der Waals surface area contributed by atoms with Gasteiger partial charge in [0.15, 0.2) is 6.33 Å². The van der Waals surface area contributed by atoms with Crippen LogP contribution in [-0.2, 0) is 13.0 Å². The van der Waals surface area contributed by atoms with Gasteiger partial charge in [0.1, 0.15) is 0 Å². The fourth-order valence-corrected chi connectivity index (χ4v) is 1.14. The van der Waals surface area contributed by atoms with Crippen LogP contribution in [0, 0.1) is 0 Å². The monoisotopic (exact) mass is 205 g/mol. The summed E-state index contributed by atoms with van der Waals surface area (Å²) in [4.78, 5) is 12.0. The molecule has 0 saturated heterocycles. The van der Waals surface area contributed by atoms with Crippen LogP contribution in [0.1, 0.15) is 11.6 Å². The van der Waals surface area contributed by atoms with Gasteiger partial charge in [0.05, 0.1) is 5.69 Å². The minimum absolute atomic E-state index is 0.640. The Morgan fingerprint density at radius 3 is 3.00 bits per heavy atom. The summed E-state index contributed by atoms with van der Waals surface area (Å²) in [5, 5.41) is 6.73. The first-order valence-corrected chi connectivity index (χ1v) is 4.66. The van der Waals surface area contributed by atoms with Crippen LogP contribution in [0.5, 0.6) is 0 Å². The molecule has 0 bridgehead atoms. The molecule has 0 aliphatic rings. The Bertz CT molecular complexity index is 375. The maximum absolute atomic E-state index is 4.86. The lowest BCUT2D eigenvalue weighted by Crippen LogP contribution is -2.17. The van der Waals surface area contributed by atoms with E-state index in [0.29, 0.717) is 12.4 Å². The lowest BCUT2D eigenvalue weighted by Gasteiger charge is -2.00. The largest absolute Gasteiger partial charge is 0.340 e. The average Bonchev–Trinajstić information content (AvgIpc) is 2.79. The Kier molecular flexibility index (Phi) is 3.34. The molecule has 0 amide bonds. The summed E-state index contributed by atoms with van der Waals surface area (Å²) in [6, 6.07) is 0. The molecule has 0 fully saturated rings. The van der Waals surface area contributed by atoms with Crippen molar-refractivity contribution in [3.8, 4) is 0 Å². The standard InChI is InChI=1S/C9H11N5O/c1(9-13-7-14-15-9)2-10-5-8-6-11-3-4-12-8/h3-4,6-7,10H,1-2,5H2. The molecule has 0 aliphatic heterocycles. The highest BCUT2D eigenvalue weighted by Gasteiger charge is 1.98. The fraction of sp³-hybridized carbons (Fsp3) is 0.333. The van der Waals surface area contributed by atoms with E-state index in [1.165, 1.54) is 6.33 Å². The van der Waals surface area contributed by atoms with Crippen molar-refractivity contribution < 1.29 is 4.52 Å². The molecule has 0 saturated carbocycles. The minimum Gasteiger partial charge on any atom is -0.340 e. The molecule has 0 radical (unpaired) electrons. The molecule has 0 aliphatic carbocycles. The van der Waals surface area contributed by atoms with Gasteiger partial charge in [0, 0.05) is 38.1 Å². The molecule has 2 aromatic heterocycles. The molecule has 2 heterocycles. The smallest absolute Gasteiger partial charge is 0.227 e. The zero-order valence-corrected chi connectivity index (χ0v) is 8.13. The van der Waals surface area contributed by atoms with Crippen molar-refractivity contribution in [1.82, 2.24) is 25.4 Å². The van der Waals surface area contributed by atoms with E-state index < -0.39 is 0 Å². The first kappa shape index (κ1) is 9.72. The van der Waals surface area contributed by atoms with Gasteiger partial charge in [-0.15, -0.1) is 0 Å². The maximum Gasteiger partial charge on any atom is 0.227 e. The Labute approximate surface area is 86.8 Å². The van der Waals surface area contributed by atoms with Gasteiger partial charge in [-0.1, -0.05) is 5.16 Å². The normalized spacial score (nSPS) is 10.4. The van der Waals surface area contributed by atoms with Crippen LogP contribution < -0.4 is 5.32 Å². The number of hydrogen-bond donors (Lipinski definition) is 1. The molecular weight excluding hydrogens is 194 g/mol. The molecule has 6 heteroatoms. The third-order valence-electron chi connectivity index (χ3n) is 1.85. The second kappa shape index (κ2) is 5.16. The molecule has 15 heavy (non-hydrogen) atoms. The Balaban J connectivity index is 1.68. The number of rotatable bonds is 5. The zero-order valence-electron chi connectivity index (χ0n) is 8.13. The van der Waals surface area contributed by atoms with Gasteiger partial charge in [-0.25, -0.2) is 0 Å². The van der Waals surface area contributed by atoms with Gasteiger partial charge in [0.2, 0.25) is 5.89 Å². The van der Waals surface area contributed by atoms with Crippen LogP contribution in [0.2, 0.25) is 0 Å². The van der Waals surface area contributed by atoms with Crippen molar-refractivity contribution in [1.29, 1.82) is 0 Å². The average molecular weight is 205 g/mol. The maximum atomic E-state index is 4.86. The lowest BCUT2D eigenvalue weighted by atomic mass is 10.4. The highest BCUT2D eigenvalue weighted by molar-refractivity contribution is 4.93. The van der Waals surface area contributed by atoms with Crippen molar-refractivity contribution in [3.05, 3.63) is 36.5 Å². The highest BCUT2D eigenvalue weighted by Crippen LogP contribution is 1.92. The first-order chi connectivity index (χ1) is 7.45. The second-order valence-electron chi connectivity index (χ2n) is 2.96. The topological polar surface area (TPSA) is 76.7 Å². The molecule has 0 unspecified atom stereocenters. The van der Waals surface area contributed by atoms with Crippen molar-refractivity contribution >= 4 is 0 Å². The summed E-state index contributed by atoms with van der Waals surface area (Å²) < 4.78 is 4.86. The summed E-state index contributed by atoms with van der Waals surface area (Å²) >= 11 is 0. The van der Waals surface area contributed by atoms with Crippen molar-refractivity contribution in [3.63, 3.8) is 0 Å². The molecule has 0 atom stereocenters. The third kappa shape index (κ3) is 3.10. The van der Waals surface area contributed by atoms with E-state index in [1.54, 1.807) is 18.6 Å². The number of hydrogen-bond acceptors (Lipinski definition) is 6. The van der Waals surface area contributed by atoms with E-state index in [1.807, 2.05) is 0 Å². The fourth-order valence-electron chi connectivity index (χ4n) is 1.14. The van der Waals surface area contributed by atoms with E-state index in [-0.39, 0.29) is 0 Å². The van der Waals surface area contributed by atoms with Gasteiger partial charge in [-0.3, -0.25) is 9.97 Å². The van der Waals surface area contributed by atoms with Crippen LogP contribution in [0.3, 0.4) is 0 Å². The SMILES string of the molecule is c1cnc(CNCCc2ncno2)cn1. The summed E-state index contributed by atoms with van der Waals surface area (Å²) in [5.74, 6) is 0.640. The predicted octanol–water partition coefficient (Wildman–Crippen LogP) is 0.192. The second-order valence-corrected chi connectivity index (χ2v) is 2.96. The van der Waals surface area contributed by atoms with Crippen LogP contribution in [0.4, 0.5) is 0 Å². The van der Waals surface area contributed by atoms with Gasteiger partial charge < -0.3 is 9.84 Å². The van der Waals surface area contributed by atoms with Crippen LogP contribution in [-0.4, -0.2) is 26.7 Å². The van der Waals surface area contributed by atoms with Gasteiger partial charge in [0.25, 0.3) is 0 Å². The number of aromatic nitrogens is 4. The number of nitrogens with zero attached hydrogens (tertiary/aromatic N) is 4. The third-order valence-corrected chi connectivity index (χ3v) is 1.85. The predicted molar refractivity (Wildman–Crippen MR) is 51.7 cm³/mol. The Morgan fingerprint density at radius 1 is 1.27 bits per heavy atom. The zero-order chi connectivity index (χ0) is 10.3.